The van der Waals surface area contributed by atoms with Crippen molar-refractivity contribution in [3.05, 3.63) is 23.8 Å². The number of hydrogen-bond acceptors (Lipinski definition) is 4. The molecule has 1 N–H and O–H groups in total. The first-order chi connectivity index (χ1) is 10.1. The van der Waals surface area contributed by atoms with Gasteiger partial charge < -0.3 is 10.1 Å². The molecule has 118 valence electrons. The quantitative estimate of drug-likeness (QED) is 0.783. The van der Waals surface area contributed by atoms with Gasteiger partial charge in [0.1, 0.15) is 0 Å². The van der Waals surface area contributed by atoms with Gasteiger partial charge >= 0.3 is 0 Å². The number of sulfonamides is 1. The smallest absolute Gasteiger partial charge is 0.243 e. The molecule has 0 aliphatic carbocycles. The number of nitrogens with one attached hydrogen (secondary N) is 1. The van der Waals surface area contributed by atoms with Crippen LogP contribution in [-0.4, -0.2) is 45.6 Å². The maximum Gasteiger partial charge on any atom is 0.243 e. The van der Waals surface area contributed by atoms with E-state index < -0.39 is 10.0 Å². The standard InChI is InChI=1S/C15H24N2O3S/c1-3-17(11-12-20-4-2)21(18,19)15-9-5-8-14-13(15)7-6-10-16-14/h5,8-9,16H,3-4,6-7,10-12H2,1-2H3. The summed E-state index contributed by atoms with van der Waals surface area (Å²) in [6.45, 7) is 6.54. The maximum atomic E-state index is 12.9. The molecule has 0 radical (unpaired) electrons. The normalized spacial score (nSPS) is 14.8. The molecule has 0 spiro atoms. The molecule has 0 amide bonds. The van der Waals surface area contributed by atoms with Crippen LogP contribution in [0.25, 0.3) is 0 Å². The van der Waals surface area contributed by atoms with Crippen LogP contribution in [0.5, 0.6) is 0 Å². The molecule has 1 aliphatic rings. The molecule has 21 heavy (non-hydrogen) atoms. The Morgan fingerprint density at radius 1 is 1.33 bits per heavy atom. The summed E-state index contributed by atoms with van der Waals surface area (Å²) in [5.41, 5.74) is 1.86. The highest BCUT2D eigenvalue weighted by Crippen LogP contribution is 2.30. The zero-order chi connectivity index (χ0) is 15.3. The zero-order valence-electron chi connectivity index (χ0n) is 12.8. The Morgan fingerprint density at radius 2 is 2.14 bits per heavy atom. The third-order valence-electron chi connectivity index (χ3n) is 3.71. The Morgan fingerprint density at radius 3 is 2.86 bits per heavy atom. The highest BCUT2D eigenvalue weighted by Gasteiger charge is 2.27. The van der Waals surface area contributed by atoms with Crippen molar-refractivity contribution in [2.24, 2.45) is 0 Å². The van der Waals surface area contributed by atoms with Crippen molar-refractivity contribution >= 4 is 15.7 Å². The Kier molecular flexibility index (Phi) is 5.61. The first kappa shape index (κ1) is 16.3. The molecule has 1 aromatic rings. The largest absolute Gasteiger partial charge is 0.385 e. The van der Waals surface area contributed by atoms with Gasteiger partial charge in [-0.05, 0) is 37.5 Å². The second-order valence-corrected chi connectivity index (χ2v) is 6.91. The third-order valence-corrected chi connectivity index (χ3v) is 5.77. The lowest BCUT2D eigenvalue weighted by Crippen LogP contribution is -2.34. The van der Waals surface area contributed by atoms with Crippen LogP contribution in [0.1, 0.15) is 25.8 Å². The average Bonchev–Trinajstić information content (AvgIpc) is 2.50. The van der Waals surface area contributed by atoms with Crippen LogP contribution in [0, 0.1) is 0 Å². The minimum atomic E-state index is -3.46. The van der Waals surface area contributed by atoms with Gasteiger partial charge in [0.05, 0.1) is 11.5 Å². The fourth-order valence-corrected chi connectivity index (χ4v) is 4.32. The Hall–Kier alpha value is -1.11. The zero-order valence-corrected chi connectivity index (χ0v) is 13.6. The van der Waals surface area contributed by atoms with Gasteiger partial charge in [0.15, 0.2) is 0 Å². The SMILES string of the molecule is CCOCCN(CC)S(=O)(=O)c1cccc2c1CCCN2. The summed E-state index contributed by atoms with van der Waals surface area (Å²) in [4.78, 5) is 0.436. The molecule has 5 nitrogen and oxygen atoms in total. The third kappa shape index (κ3) is 3.56. The first-order valence-electron chi connectivity index (χ1n) is 7.55. The predicted molar refractivity (Wildman–Crippen MR) is 84.2 cm³/mol. The molecule has 1 aliphatic heterocycles. The number of nitrogens with zero attached hydrogens (tertiary/aromatic N) is 1. The summed E-state index contributed by atoms with van der Waals surface area (Å²) < 4.78 is 32.5. The fraction of sp³-hybridized carbons (Fsp3) is 0.600. The molecule has 0 atom stereocenters. The van der Waals surface area contributed by atoms with Gasteiger partial charge in [-0.25, -0.2) is 8.42 Å². The molecule has 0 saturated carbocycles. The van der Waals surface area contributed by atoms with Crippen LogP contribution < -0.4 is 5.32 Å². The van der Waals surface area contributed by atoms with Gasteiger partial charge in [0.2, 0.25) is 10.0 Å². The highest BCUT2D eigenvalue weighted by atomic mass is 32.2. The monoisotopic (exact) mass is 312 g/mol. The summed E-state index contributed by atoms with van der Waals surface area (Å²) in [7, 11) is -3.46. The number of anilines is 1. The number of rotatable bonds is 7. The molecule has 6 heteroatoms. The van der Waals surface area contributed by atoms with Crippen LogP contribution in [0.2, 0.25) is 0 Å². The average molecular weight is 312 g/mol. The topological polar surface area (TPSA) is 58.6 Å². The van der Waals surface area contributed by atoms with E-state index in [1.807, 2.05) is 19.9 Å². The first-order valence-corrected chi connectivity index (χ1v) is 8.99. The van der Waals surface area contributed by atoms with Crippen molar-refractivity contribution in [2.75, 3.05) is 38.2 Å². The Labute approximate surface area is 127 Å². The minimum Gasteiger partial charge on any atom is -0.385 e. The van der Waals surface area contributed by atoms with Gasteiger partial charge in [-0.3, -0.25) is 0 Å². The molecule has 0 fully saturated rings. The van der Waals surface area contributed by atoms with Crippen molar-refractivity contribution in [2.45, 2.75) is 31.6 Å². The van der Waals surface area contributed by atoms with Gasteiger partial charge in [-0.15, -0.1) is 0 Å². The van der Waals surface area contributed by atoms with E-state index in [0.29, 0.717) is 31.2 Å². The molecular weight excluding hydrogens is 288 g/mol. The van der Waals surface area contributed by atoms with Gasteiger partial charge in [0.25, 0.3) is 0 Å². The number of fused-ring (bicyclic) bond motifs is 1. The van der Waals surface area contributed by atoms with Crippen LogP contribution >= 0.6 is 0 Å². The Bertz CT molecular complexity index is 572. The molecule has 0 unspecified atom stereocenters. The van der Waals surface area contributed by atoms with E-state index >= 15 is 0 Å². The molecule has 0 bridgehead atoms. The van der Waals surface area contributed by atoms with Crippen LogP contribution in [0.3, 0.4) is 0 Å². The molecule has 0 saturated heterocycles. The van der Waals surface area contributed by atoms with Crippen molar-refractivity contribution in [1.82, 2.24) is 4.31 Å². The van der Waals surface area contributed by atoms with E-state index in [4.69, 9.17) is 4.74 Å². The summed E-state index contributed by atoms with van der Waals surface area (Å²) >= 11 is 0. The molecule has 2 rings (SSSR count). The van der Waals surface area contributed by atoms with Crippen LogP contribution in [0.15, 0.2) is 23.1 Å². The van der Waals surface area contributed by atoms with Crippen molar-refractivity contribution < 1.29 is 13.2 Å². The van der Waals surface area contributed by atoms with E-state index in [9.17, 15) is 8.42 Å². The summed E-state index contributed by atoms with van der Waals surface area (Å²) in [6, 6.07) is 5.47. The van der Waals surface area contributed by atoms with Crippen LogP contribution in [0.4, 0.5) is 5.69 Å². The highest BCUT2D eigenvalue weighted by molar-refractivity contribution is 7.89. The predicted octanol–water partition coefficient (Wildman–Crippen LogP) is 2.09. The second-order valence-electron chi connectivity index (χ2n) is 5.01. The lowest BCUT2D eigenvalue weighted by Gasteiger charge is -2.25. The lowest BCUT2D eigenvalue weighted by molar-refractivity contribution is 0.135. The molecule has 0 aromatic heterocycles. The summed E-state index contributed by atoms with van der Waals surface area (Å²) in [5.74, 6) is 0. The van der Waals surface area contributed by atoms with Gasteiger partial charge in [-0.2, -0.15) is 4.31 Å². The number of likely N-dealkylation sites (N-methyl/N-ethyl adjacent to an activating group) is 1. The van der Waals surface area contributed by atoms with Crippen molar-refractivity contribution in [3.63, 3.8) is 0 Å². The van der Waals surface area contributed by atoms with E-state index in [-0.39, 0.29) is 0 Å². The fourth-order valence-electron chi connectivity index (χ4n) is 2.62. The van der Waals surface area contributed by atoms with Gasteiger partial charge in [-0.1, -0.05) is 13.0 Å². The van der Waals surface area contributed by atoms with Crippen molar-refractivity contribution in [1.29, 1.82) is 0 Å². The van der Waals surface area contributed by atoms with E-state index in [0.717, 1.165) is 30.6 Å². The molecule has 1 aromatic carbocycles. The minimum absolute atomic E-state index is 0.393. The Balaban J connectivity index is 2.30. The van der Waals surface area contributed by atoms with Crippen LogP contribution in [-0.2, 0) is 21.2 Å². The summed E-state index contributed by atoms with van der Waals surface area (Å²) in [5, 5.41) is 3.28. The summed E-state index contributed by atoms with van der Waals surface area (Å²) in [6.07, 6.45) is 1.77. The number of ether oxygens (including phenoxy) is 1. The van der Waals surface area contributed by atoms with E-state index in [1.165, 1.54) is 4.31 Å². The number of hydrogen-bond donors (Lipinski definition) is 1. The van der Waals surface area contributed by atoms with E-state index in [1.54, 1.807) is 12.1 Å². The van der Waals surface area contributed by atoms with E-state index in [2.05, 4.69) is 5.32 Å². The maximum absolute atomic E-state index is 12.9. The van der Waals surface area contributed by atoms with Crippen molar-refractivity contribution in [3.8, 4) is 0 Å². The molecular formula is C15H24N2O3S. The molecule has 1 heterocycles. The second kappa shape index (κ2) is 7.24. The lowest BCUT2D eigenvalue weighted by atomic mass is 10.0. The van der Waals surface area contributed by atoms with Gasteiger partial charge in [0, 0.05) is 31.9 Å². The number of benzene rings is 1.